The number of rotatable bonds is 9. The molecule has 1 atom stereocenters. The number of nitrogens with one attached hydrogen (secondary N) is 1. The third-order valence-electron chi connectivity index (χ3n) is 3.88. The smallest absolute Gasteiger partial charge is 0.0593 e. The Hall–Kier alpha value is -0.120. The van der Waals surface area contributed by atoms with Crippen LogP contribution in [0.2, 0.25) is 0 Å². The van der Waals surface area contributed by atoms with Gasteiger partial charge in [-0.05, 0) is 38.6 Å². The van der Waals surface area contributed by atoms with Crippen molar-refractivity contribution in [3.8, 4) is 0 Å². The normalized spacial score (nSPS) is 25.6. The van der Waals surface area contributed by atoms with Crippen LogP contribution in [0.5, 0.6) is 0 Å². The second-order valence-electron chi connectivity index (χ2n) is 5.48. The van der Waals surface area contributed by atoms with E-state index >= 15 is 0 Å². The third-order valence-corrected chi connectivity index (χ3v) is 3.88. The Balaban J connectivity index is 1.54. The zero-order chi connectivity index (χ0) is 11.9. The van der Waals surface area contributed by atoms with Gasteiger partial charge in [-0.3, -0.25) is 4.90 Å². The molecule has 3 nitrogen and oxygen atoms in total. The molecule has 100 valence electrons. The average Bonchev–Trinajstić information content (AvgIpc) is 3.06. The molecule has 2 rings (SSSR count). The molecule has 1 saturated heterocycles. The van der Waals surface area contributed by atoms with E-state index in [-0.39, 0.29) is 0 Å². The summed E-state index contributed by atoms with van der Waals surface area (Å²) in [5.41, 5.74) is 0. The first-order valence-electron chi connectivity index (χ1n) is 7.45. The summed E-state index contributed by atoms with van der Waals surface area (Å²) < 4.78 is 5.66. The predicted molar refractivity (Wildman–Crippen MR) is 71.3 cm³/mol. The summed E-state index contributed by atoms with van der Waals surface area (Å²) in [5.74, 6) is 0. The first-order chi connectivity index (χ1) is 8.40. The van der Waals surface area contributed by atoms with Gasteiger partial charge in [0.2, 0.25) is 0 Å². The van der Waals surface area contributed by atoms with Crippen LogP contribution in [0.4, 0.5) is 0 Å². The number of hydrogen-bond donors (Lipinski definition) is 1. The van der Waals surface area contributed by atoms with Crippen LogP contribution in [-0.4, -0.2) is 49.8 Å². The lowest BCUT2D eigenvalue weighted by molar-refractivity contribution is 0.0971. The molecule has 1 heterocycles. The molecule has 0 bridgehead atoms. The molecule has 0 amide bonds. The molecule has 1 aliphatic carbocycles. The molecule has 2 fully saturated rings. The first-order valence-corrected chi connectivity index (χ1v) is 7.45. The van der Waals surface area contributed by atoms with E-state index < -0.39 is 0 Å². The van der Waals surface area contributed by atoms with Crippen LogP contribution in [0.15, 0.2) is 0 Å². The number of hydrogen-bond acceptors (Lipinski definition) is 3. The molecular formula is C14H28N2O. The molecule has 1 unspecified atom stereocenters. The molecule has 0 spiro atoms. The van der Waals surface area contributed by atoms with Gasteiger partial charge in [-0.2, -0.15) is 0 Å². The monoisotopic (exact) mass is 240 g/mol. The van der Waals surface area contributed by atoms with Gasteiger partial charge in [-0.15, -0.1) is 0 Å². The molecule has 17 heavy (non-hydrogen) atoms. The van der Waals surface area contributed by atoms with Crippen molar-refractivity contribution in [2.24, 2.45) is 0 Å². The Morgan fingerprint density at radius 1 is 1.24 bits per heavy atom. The standard InChI is InChI=1S/C14H28N2O/c1-2-3-10-17-11-9-16-8-4-5-14(16)12-15-13-6-7-13/h13-15H,2-12H2,1H3. The molecule has 0 aromatic heterocycles. The number of nitrogens with zero attached hydrogens (tertiary/aromatic N) is 1. The zero-order valence-electron chi connectivity index (χ0n) is 11.3. The average molecular weight is 240 g/mol. The molecule has 2 aliphatic rings. The van der Waals surface area contributed by atoms with Gasteiger partial charge in [-0.25, -0.2) is 0 Å². The Labute approximate surface area is 106 Å². The van der Waals surface area contributed by atoms with Crippen molar-refractivity contribution in [1.82, 2.24) is 10.2 Å². The molecule has 0 aromatic rings. The van der Waals surface area contributed by atoms with Gasteiger partial charge < -0.3 is 10.1 Å². The minimum atomic E-state index is 0.769. The van der Waals surface area contributed by atoms with Crippen molar-refractivity contribution < 1.29 is 4.74 Å². The summed E-state index contributed by atoms with van der Waals surface area (Å²) in [6.45, 7) is 7.66. The van der Waals surface area contributed by atoms with E-state index in [1.807, 2.05) is 0 Å². The van der Waals surface area contributed by atoms with Crippen LogP contribution < -0.4 is 5.32 Å². The summed E-state index contributed by atoms with van der Waals surface area (Å²) in [4.78, 5) is 2.61. The Morgan fingerprint density at radius 2 is 2.12 bits per heavy atom. The Bertz CT molecular complexity index is 206. The third kappa shape index (κ3) is 4.94. The van der Waals surface area contributed by atoms with E-state index in [0.29, 0.717) is 0 Å². The second-order valence-corrected chi connectivity index (χ2v) is 5.48. The summed E-state index contributed by atoms with van der Waals surface area (Å²) in [6.07, 6.45) is 7.96. The Kier molecular flexibility index (Phi) is 5.75. The SMILES string of the molecule is CCCCOCCN1CCCC1CNC1CC1. The molecule has 0 radical (unpaired) electrons. The maximum atomic E-state index is 5.66. The maximum Gasteiger partial charge on any atom is 0.0593 e. The predicted octanol–water partition coefficient (Wildman–Crippen LogP) is 2.02. The molecule has 3 heteroatoms. The molecule has 0 aromatic carbocycles. The van der Waals surface area contributed by atoms with Gasteiger partial charge >= 0.3 is 0 Å². The van der Waals surface area contributed by atoms with E-state index in [2.05, 4.69) is 17.1 Å². The van der Waals surface area contributed by atoms with Crippen molar-refractivity contribution in [1.29, 1.82) is 0 Å². The largest absolute Gasteiger partial charge is 0.380 e. The highest BCUT2D eigenvalue weighted by Crippen LogP contribution is 2.21. The lowest BCUT2D eigenvalue weighted by Crippen LogP contribution is -2.40. The van der Waals surface area contributed by atoms with Gasteiger partial charge in [0, 0.05) is 31.8 Å². The second kappa shape index (κ2) is 7.34. The number of unbranched alkanes of at least 4 members (excludes halogenated alkanes) is 1. The summed E-state index contributed by atoms with van der Waals surface area (Å²) in [6, 6.07) is 1.61. The fourth-order valence-corrected chi connectivity index (χ4v) is 2.54. The molecule has 1 aliphatic heterocycles. The van der Waals surface area contributed by atoms with Crippen LogP contribution in [0.3, 0.4) is 0 Å². The summed E-state index contributed by atoms with van der Waals surface area (Å²) in [5, 5.41) is 3.66. The Morgan fingerprint density at radius 3 is 2.88 bits per heavy atom. The zero-order valence-corrected chi connectivity index (χ0v) is 11.3. The number of likely N-dealkylation sites (tertiary alicyclic amines) is 1. The van der Waals surface area contributed by atoms with E-state index in [1.165, 1.54) is 51.6 Å². The van der Waals surface area contributed by atoms with E-state index in [1.54, 1.807) is 0 Å². The molecule has 1 saturated carbocycles. The lowest BCUT2D eigenvalue weighted by atomic mass is 10.2. The van der Waals surface area contributed by atoms with Crippen molar-refractivity contribution in [3.63, 3.8) is 0 Å². The highest BCUT2D eigenvalue weighted by molar-refractivity contribution is 4.86. The van der Waals surface area contributed by atoms with Crippen LogP contribution in [0.25, 0.3) is 0 Å². The lowest BCUT2D eigenvalue weighted by Gasteiger charge is -2.24. The van der Waals surface area contributed by atoms with Crippen LogP contribution in [0, 0.1) is 0 Å². The van der Waals surface area contributed by atoms with Gasteiger partial charge in [-0.1, -0.05) is 13.3 Å². The van der Waals surface area contributed by atoms with Crippen LogP contribution in [0.1, 0.15) is 45.4 Å². The quantitative estimate of drug-likeness (QED) is 0.624. The van der Waals surface area contributed by atoms with Gasteiger partial charge in [0.25, 0.3) is 0 Å². The molecular weight excluding hydrogens is 212 g/mol. The minimum absolute atomic E-state index is 0.769. The van der Waals surface area contributed by atoms with Crippen LogP contribution >= 0.6 is 0 Å². The van der Waals surface area contributed by atoms with Crippen molar-refractivity contribution >= 4 is 0 Å². The number of ether oxygens (including phenoxy) is 1. The summed E-state index contributed by atoms with van der Waals surface area (Å²) >= 11 is 0. The summed E-state index contributed by atoms with van der Waals surface area (Å²) in [7, 11) is 0. The van der Waals surface area contributed by atoms with Crippen molar-refractivity contribution in [3.05, 3.63) is 0 Å². The highest BCUT2D eigenvalue weighted by atomic mass is 16.5. The topological polar surface area (TPSA) is 24.5 Å². The molecule has 1 N–H and O–H groups in total. The van der Waals surface area contributed by atoms with Gasteiger partial charge in [0.1, 0.15) is 0 Å². The fraction of sp³-hybridized carbons (Fsp3) is 1.00. The first kappa shape index (κ1) is 13.3. The van der Waals surface area contributed by atoms with Gasteiger partial charge in [0.15, 0.2) is 0 Å². The van der Waals surface area contributed by atoms with E-state index in [9.17, 15) is 0 Å². The van der Waals surface area contributed by atoms with Gasteiger partial charge in [0.05, 0.1) is 6.61 Å². The minimum Gasteiger partial charge on any atom is -0.380 e. The van der Waals surface area contributed by atoms with Crippen molar-refractivity contribution in [2.45, 2.75) is 57.5 Å². The fourth-order valence-electron chi connectivity index (χ4n) is 2.54. The van der Waals surface area contributed by atoms with E-state index in [0.717, 1.165) is 31.8 Å². The van der Waals surface area contributed by atoms with Crippen molar-refractivity contribution in [2.75, 3.05) is 32.8 Å². The maximum absolute atomic E-state index is 5.66. The highest BCUT2D eigenvalue weighted by Gasteiger charge is 2.27. The van der Waals surface area contributed by atoms with E-state index in [4.69, 9.17) is 4.74 Å². The van der Waals surface area contributed by atoms with Crippen LogP contribution in [-0.2, 0) is 4.74 Å².